The molecule has 1 amide bonds. The van der Waals surface area contributed by atoms with Gasteiger partial charge in [-0.3, -0.25) is 4.79 Å². The Hall–Kier alpha value is -1.84. The molecule has 0 heterocycles. The molecule has 1 aromatic carbocycles. The Bertz CT molecular complexity index is 507. The molecule has 0 saturated heterocycles. The van der Waals surface area contributed by atoms with Crippen LogP contribution in [0.4, 0.5) is 4.79 Å². The van der Waals surface area contributed by atoms with E-state index in [1.165, 1.54) is 4.90 Å². The number of nitrogens with zero attached hydrogens (tertiary/aromatic N) is 1. The topological polar surface area (TPSA) is 46.6 Å². The Morgan fingerprint density at radius 2 is 1.65 bits per heavy atom. The van der Waals surface area contributed by atoms with Gasteiger partial charge in [-0.1, -0.05) is 17.7 Å². The first kappa shape index (κ1) is 13.2. The number of hydrogen-bond acceptors (Lipinski definition) is 3. The van der Waals surface area contributed by atoms with Crippen molar-refractivity contribution in [1.29, 1.82) is 0 Å². The van der Waals surface area contributed by atoms with Crippen molar-refractivity contribution in [2.75, 3.05) is 14.1 Å². The van der Waals surface area contributed by atoms with E-state index in [9.17, 15) is 9.59 Å². The minimum Gasteiger partial charge on any atom is -0.406 e. The minimum atomic E-state index is -0.548. The molecule has 0 unspecified atom stereocenters. The fraction of sp³-hybridized carbons (Fsp3) is 0.385. The third-order valence-electron chi connectivity index (χ3n) is 2.37. The molecule has 0 aliphatic carbocycles. The van der Waals surface area contributed by atoms with Crippen LogP contribution in [-0.4, -0.2) is 25.1 Å². The molecule has 4 heteroatoms. The van der Waals surface area contributed by atoms with Gasteiger partial charge in [0.25, 0.3) is 0 Å². The molecule has 0 aliphatic rings. The lowest BCUT2D eigenvalue weighted by molar-refractivity contribution is 0.171. The maximum absolute atomic E-state index is 12.0. The highest BCUT2D eigenvalue weighted by molar-refractivity contribution is 5.70. The van der Waals surface area contributed by atoms with E-state index in [2.05, 4.69) is 0 Å². The van der Waals surface area contributed by atoms with Crippen LogP contribution in [0.3, 0.4) is 0 Å². The summed E-state index contributed by atoms with van der Waals surface area (Å²) in [4.78, 5) is 24.8. The number of hydrogen-bond donors (Lipinski definition) is 0. The zero-order valence-electron chi connectivity index (χ0n) is 10.8. The lowest BCUT2D eigenvalue weighted by Gasteiger charge is -2.10. The van der Waals surface area contributed by atoms with E-state index in [0.29, 0.717) is 11.1 Å². The highest BCUT2D eigenvalue weighted by Crippen LogP contribution is 2.14. The molecule has 0 atom stereocenters. The zero-order chi connectivity index (χ0) is 13.2. The molecule has 0 aliphatic heterocycles. The van der Waals surface area contributed by atoms with Crippen LogP contribution in [0.5, 0.6) is 5.75 Å². The summed E-state index contributed by atoms with van der Waals surface area (Å²) < 4.78 is 5.11. The number of ether oxygens (including phenoxy) is 1. The summed E-state index contributed by atoms with van der Waals surface area (Å²) in [5.74, 6) is 0.106. The van der Waals surface area contributed by atoms with E-state index in [-0.39, 0.29) is 11.2 Å². The highest BCUT2D eigenvalue weighted by atomic mass is 16.6. The molecular weight excluding hydrogens is 218 g/mol. The number of carbonyl (C=O) groups is 1. The molecule has 0 radical (unpaired) electrons. The number of amides is 1. The third-order valence-corrected chi connectivity index (χ3v) is 2.37. The summed E-state index contributed by atoms with van der Waals surface area (Å²) in [5.41, 5.74) is 1.95. The van der Waals surface area contributed by atoms with Crippen molar-refractivity contribution >= 4 is 6.09 Å². The van der Waals surface area contributed by atoms with E-state index in [4.69, 9.17) is 4.74 Å². The lowest BCUT2D eigenvalue weighted by Crippen LogP contribution is -2.27. The first-order valence-corrected chi connectivity index (χ1v) is 5.34. The van der Waals surface area contributed by atoms with Crippen LogP contribution in [0.2, 0.25) is 0 Å². The smallest absolute Gasteiger partial charge is 0.406 e. The second kappa shape index (κ2) is 4.99. The molecule has 4 nitrogen and oxygen atoms in total. The van der Waals surface area contributed by atoms with Gasteiger partial charge < -0.3 is 9.64 Å². The maximum atomic E-state index is 12.0. The van der Waals surface area contributed by atoms with Crippen molar-refractivity contribution in [3.63, 3.8) is 0 Å². The Morgan fingerprint density at radius 3 is 2.18 bits per heavy atom. The number of aryl methyl sites for hydroxylation is 3. The van der Waals surface area contributed by atoms with Crippen LogP contribution in [0, 0.1) is 20.8 Å². The number of carbonyl (C=O) groups excluding carboxylic acids is 1. The third kappa shape index (κ3) is 3.06. The van der Waals surface area contributed by atoms with Gasteiger partial charge in [-0.05, 0) is 26.3 Å². The summed E-state index contributed by atoms with van der Waals surface area (Å²) in [6.45, 7) is 5.37. The molecule has 92 valence electrons. The van der Waals surface area contributed by atoms with Crippen LogP contribution in [0.25, 0.3) is 0 Å². The van der Waals surface area contributed by atoms with Crippen LogP contribution in [-0.2, 0) is 0 Å². The van der Waals surface area contributed by atoms with Gasteiger partial charge in [0, 0.05) is 19.7 Å². The molecular formula is C13H17NO3. The van der Waals surface area contributed by atoms with Gasteiger partial charge in [-0.2, -0.15) is 0 Å². The minimum absolute atomic E-state index is 0.106. The van der Waals surface area contributed by atoms with Gasteiger partial charge in [-0.25, -0.2) is 4.79 Å². The highest BCUT2D eigenvalue weighted by Gasteiger charge is 2.13. The first-order chi connectivity index (χ1) is 7.82. The second-order valence-electron chi connectivity index (χ2n) is 4.32. The molecule has 0 bridgehead atoms. The average Bonchev–Trinajstić information content (AvgIpc) is 2.30. The van der Waals surface area contributed by atoms with E-state index in [0.717, 1.165) is 5.56 Å². The predicted octanol–water partition coefficient (Wildman–Crippen LogP) is 2.03. The summed E-state index contributed by atoms with van der Waals surface area (Å²) >= 11 is 0. The first-order valence-electron chi connectivity index (χ1n) is 5.34. The van der Waals surface area contributed by atoms with Crippen molar-refractivity contribution in [3.05, 3.63) is 39.0 Å². The Labute approximate surface area is 101 Å². The molecule has 0 N–H and O–H groups in total. The van der Waals surface area contributed by atoms with Crippen molar-refractivity contribution < 1.29 is 9.53 Å². The second-order valence-corrected chi connectivity index (χ2v) is 4.32. The van der Waals surface area contributed by atoms with E-state index < -0.39 is 6.09 Å². The number of rotatable bonds is 1. The zero-order valence-corrected chi connectivity index (χ0v) is 10.8. The van der Waals surface area contributed by atoms with Crippen molar-refractivity contribution in [3.8, 4) is 5.75 Å². The molecule has 0 saturated carbocycles. The molecule has 1 aromatic rings. The van der Waals surface area contributed by atoms with Gasteiger partial charge in [-0.15, -0.1) is 0 Å². The normalized spacial score (nSPS) is 9.94. The van der Waals surface area contributed by atoms with E-state index >= 15 is 0 Å². The van der Waals surface area contributed by atoms with E-state index in [1.54, 1.807) is 34.0 Å². The Balaban J connectivity index is 3.35. The molecule has 0 fully saturated rings. The molecule has 0 aromatic heterocycles. The van der Waals surface area contributed by atoms with Crippen LogP contribution in [0.15, 0.2) is 16.9 Å². The predicted molar refractivity (Wildman–Crippen MR) is 66.6 cm³/mol. The quantitative estimate of drug-likeness (QED) is 0.748. The van der Waals surface area contributed by atoms with Gasteiger partial charge >= 0.3 is 6.09 Å². The van der Waals surface area contributed by atoms with E-state index in [1.807, 2.05) is 13.0 Å². The van der Waals surface area contributed by atoms with Gasteiger partial charge in [0.15, 0.2) is 5.75 Å². The summed E-state index contributed by atoms with van der Waals surface area (Å²) in [6, 6.07) is 3.61. The van der Waals surface area contributed by atoms with Crippen molar-refractivity contribution in [2.45, 2.75) is 20.8 Å². The largest absolute Gasteiger partial charge is 0.414 e. The Kier molecular flexibility index (Phi) is 3.89. The fourth-order valence-electron chi connectivity index (χ4n) is 1.52. The average molecular weight is 235 g/mol. The van der Waals surface area contributed by atoms with Crippen LogP contribution in [0.1, 0.15) is 16.7 Å². The molecule has 17 heavy (non-hydrogen) atoms. The molecule has 1 rings (SSSR count). The van der Waals surface area contributed by atoms with Gasteiger partial charge in [0.1, 0.15) is 0 Å². The summed E-state index contributed by atoms with van der Waals surface area (Å²) in [5, 5.41) is 0. The Morgan fingerprint density at radius 1 is 1.12 bits per heavy atom. The lowest BCUT2D eigenvalue weighted by atomic mass is 10.2. The maximum Gasteiger partial charge on any atom is 0.414 e. The van der Waals surface area contributed by atoms with Crippen molar-refractivity contribution in [1.82, 2.24) is 4.90 Å². The van der Waals surface area contributed by atoms with Crippen LogP contribution < -0.4 is 10.2 Å². The van der Waals surface area contributed by atoms with Gasteiger partial charge in [0.05, 0.1) is 0 Å². The standard InChI is InChI=1S/C13H17NO3/c1-8-6-9(2)11(15)12(10(3)7-8)17-13(16)14(4)5/h6-7H,1-5H3. The molecule has 0 spiro atoms. The monoisotopic (exact) mass is 235 g/mol. The summed E-state index contributed by atoms with van der Waals surface area (Å²) in [6.07, 6.45) is -0.548. The SMILES string of the molecule is Cc1cc(C)c(OC(=O)N(C)C)c(=O)c(C)c1. The van der Waals surface area contributed by atoms with Gasteiger partial charge in [0.2, 0.25) is 5.43 Å². The summed E-state index contributed by atoms with van der Waals surface area (Å²) in [7, 11) is 3.15. The van der Waals surface area contributed by atoms with Crippen molar-refractivity contribution in [2.24, 2.45) is 0 Å². The fourth-order valence-corrected chi connectivity index (χ4v) is 1.52. The van der Waals surface area contributed by atoms with Crippen LogP contribution >= 0.6 is 0 Å².